The number of rotatable bonds is 6. The van der Waals surface area contributed by atoms with Crippen molar-refractivity contribution in [3.8, 4) is 11.5 Å². The Bertz CT molecular complexity index is 1210. The fourth-order valence-corrected chi connectivity index (χ4v) is 4.33. The molecular formula is C20H12K4O10P2. The molecule has 0 spiro atoms. The van der Waals surface area contributed by atoms with Gasteiger partial charge < -0.3 is 42.5 Å². The van der Waals surface area contributed by atoms with Gasteiger partial charge in [0.05, 0.1) is 5.56 Å². The normalized spacial score (nSPS) is 13.4. The van der Waals surface area contributed by atoms with Crippen LogP contribution in [0.5, 0.6) is 11.5 Å². The van der Waals surface area contributed by atoms with E-state index in [0.29, 0.717) is 22.3 Å². The van der Waals surface area contributed by atoms with Crippen LogP contribution in [0.15, 0.2) is 72.8 Å². The average molecular weight is 631 g/mol. The summed E-state index contributed by atoms with van der Waals surface area (Å²) in [5.41, 5.74) is 0.0648. The van der Waals surface area contributed by atoms with E-state index in [1.165, 1.54) is 48.5 Å². The first-order chi connectivity index (χ1) is 15.0. The van der Waals surface area contributed by atoms with Crippen LogP contribution >= 0.6 is 15.6 Å². The van der Waals surface area contributed by atoms with E-state index in [1.807, 2.05) is 0 Å². The minimum atomic E-state index is -5.26. The molecule has 0 aromatic heterocycles. The number of carbonyl (C=O) groups excluding carboxylic acids is 1. The monoisotopic (exact) mass is 630 g/mol. The summed E-state index contributed by atoms with van der Waals surface area (Å²) in [4.78, 5) is 56.1. The minimum absolute atomic E-state index is 0. The van der Waals surface area contributed by atoms with Gasteiger partial charge in [0.15, 0.2) is 5.60 Å². The minimum Gasteiger partial charge on any atom is -0.780 e. The molecule has 1 heterocycles. The second-order valence-corrected chi connectivity index (χ2v) is 8.90. The van der Waals surface area contributed by atoms with Crippen LogP contribution in [0.4, 0.5) is 0 Å². The molecule has 166 valence electrons. The van der Waals surface area contributed by atoms with Crippen LogP contribution < -0.4 is 234 Å². The predicted molar refractivity (Wildman–Crippen MR) is 101 cm³/mol. The molecular weight excluding hydrogens is 619 g/mol. The Labute approximate surface area is 377 Å². The molecule has 16 heteroatoms. The van der Waals surface area contributed by atoms with Gasteiger partial charge in [0, 0.05) is 16.7 Å². The van der Waals surface area contributed by atoms with Crippen molar-refractivity contribution in [3.63, 3.8) is 0 Å². The quantitative estimate of drug-likeness (QED) is 0.145. The number of hydrogen-bond donors (Lipinski definition) is 0. The van der Waals surface area contributed by atoms with Gasteiger partial charge in [0.2, 0.25) is 0 Å². The van der Waals surface area contributed by atoms with E-state index in [4.69, 9.17) is 4.74 Å². The smallest absolute Gasteiger partial charge is 0.780 e. The van der Waals surface area contributed by atoms with Gasteiger partial charge >= 0.3 is 212 Å². The summed E-state index contributed by atoms with van der Waals surface area (Å²) < 4.78 is 36.2. The average Bonchev–Trinajstić information content (AvgIpc) is 3.01. The second-order valence-electron chi connectivity index (χ2n) is 6.74. The van der Waals surface area contributed by atoms with E-state index < -0.39 is 27.2 Å². The van der Waals surface area contributed by atoms with Gasteiger partial charge in [-0.3, -0.25) is 0 Å². The molecule has 0 amide bonds. The number of ether oxygens (including phenoxy) is 1. The van der Waals surface area contributed by atoms with E-state index in [1.54, 1.807) is 24.3 Å². The summed E-state index contributed by atoms with van der Waals surface area (Å²) in [6, 6.07) is 17.2. The van der Waals surface area contributed by atoms with E-state index in [0.717, 1.165) is 0 Å². The first kappa shape index (κ1) is 39.6. The van der Waals surface area contributed by atoms with Crippen molar-refractivity contribution in [1.29, 1.82) is 0 Å². The Morgan fingerprint density at radius 1 is 0.639 bits per heavy atom. The van der Waals surface area contributed by atoms with Crippen LogP contribution in [0.3, 0.4) is 0 Å². The Morgan fingerprint density at radius 2 is 1.03 bits per heavy atom. The summed E-state index contributed by atoms with van der Waals surface area (Å²) in [6.45, 7) is 0. The third-order valence-electron chi connectivity index (χ3n) is 4.73. The molecule has 0 saturated heterocycles. The molecule has 3 aromatic rings. The molecule has 0 atom stereocenters. The number of carbonyl (C=O) groups is 1. The maximum Gasteiger partial charge on any atom is 1.00 e. The van der Waals surface area contributed by atoms with Gasteiger partial charge in [-0.25, -0.2) is 4.79 Å². The van der Waals surface area contributed by atoms with Gasteiger partial charge in [-0.2, -0.15) is 0 Å². The van der Waals surface area contributed by atoms with E-state index >= 15 is 0 Å². The van der Waals surface area contributed by atoms with Crippen LogP contribution in [0.2, 0.25) is 0 Å². The molecule has 3 aromatic carbocycles. The summed E-state index contributed by atoms with van der Waals surface area (Å²) in [6.07, 6.45) is 0. The largest absolute Gasteiger partial charge is 1.00 e. The predicted octanol–water partition coefficient (Wildman–Crippen LogP) is -11.4. The topological polar surface area (TPSA) is 171 Å². The molecule has 10 nitrogen and oxygen atoms in total. The van der Waals surface area contributed by atoms with E-state index in [-0.39, 0.29) is 217 Å². The number of phosphoric acid groups is 2. The number of esters is 1. The first-order valence-electron chi connectivity index (χ1n) is 8.95. The maximum absolute atomic E-state index is 12.6. The van der Waals surface area contributed by atoms with Crippen molar-refractivity contribution < 1.29 is 253 Å². The van der Waals surface area contributed by atoms with Gasteiger partial charge in [-0.1, -0.05) is 42.5 Å². The van der Waals surface area contributed by atoms with Crippen LogP contribution in [0, 0.1) is 0 Å². The van der Waals surface area contributed by atoms with Gasteiger partial charge in [0.1, 0.15) is 27.1 Å². The molecule has 0 unspecified atom stereocenters. The molecule has 0 saturated carbocycles. The molecule has 0 radical (unpaired) electrons. The first-order valence-corrected chi connectivity index (χ1v) is 11.9. The molecule has 0 N–H and O–H groups in total. The number of phosphoric ester groups is 2. The van der Waals surface area contributed by atoms with Crippen molar-refractivity contribution >= 4 is 21.6 Å². The number of fused-ring (bicyclic) bond motifs is 1. The van der Waals surface area contributed by atoms with Crippen LogP contribution in [0.1, 0.15) is 27.0 Å². The Kier molecular flexibility index (Phi) is 18.1. The third-order valence-corrected chi connectivity index (χ3v) is 5.60. The van der Waals surface area contributed by atoms with E-state index in [2.05, 4.69) is 9.05 Å². The second kappa shape index (κ2) is 16.4. The zero-order valence-corrected chi connectivity index (χ0v) is 34.2. The summed E-state index contributed by atoms with van der Waals surface area (Å²) in [5.74, 6) is -1.06. The number of cyclic esters (lactones) is 1. The van der Waals surface area contributed by atoms with Gasteiger partial charge in [-0.05, 0) is 30.3 Å². The van der Waals surface area contributed by atoms with Crippen molar-refractivity contribution in [2.75, 3.05) is 0 Å². The maximum atomic E-state index is 12.6. The summed E-state index contributed by atoms with van der Waals surface area (Å²) >= 11 is 0. The SMILES string of the molecule is O=C1OC(c2ccc(OP(=O)([O-])[O-])cc2)(c2ccc(OP(=O)([O-])[O-])cc2)c2ccccc21.[K+].[K+].[K+].[K+]. The third kappa shape index (κ3) is 9.81. The zero-order chi connectivity index (χ0) is 23.1. The van der Waals surface area contributed by atoms with Crippen LogP contribution in [-0.4, -0.2) is 5.97 Å². The Balaban J connectivity index is 0.00000306. The van der Waals surface area contributed by atoms with Crippen LogP contribution in [-0.2, 0) is 19.5 Å². The molecule has 0 fully saturated rings. The molecule has 1 aliphatic rings. The molecule has 36 heavy (non-hydrogen) atoms. The van der Waals surface area contributed by atoms with Crippen LogP contribution in [0.25, 0.3) is 0 Å². The standard InChI is InChI=1S/C20H16O10P2.4K/c21-19-17-3-1-2-4-18(17)20(28-19,13-5-9-15(10-6-13)29-31(22,23)24)14-7-11-16(12-8-14)30-32(25,26)27;;;;/h1-12H,(H2,22,23,24)(H2,25,26,27);;;;/q;4*+1/p-4. The van der Waals surface area contributed by atoms with Crippen molar-refractivity contribution in [3.05, 3.63) is 95.1 Å². The van der Waals surface area contributed by atoms with Crippen molar-refractivity contribution in [1.82, 2.24) is 0 Å². The zero-order valence-electron chi connectivity index (χ0n) is 19.9. The van der Waals surface area contributed by atoms with Crippen molar-refractivity contribution in [2.45, 2.75) is 5.60 Å². The fourth-order valence-electron chi connectivity index (χ4n) is 3.57. The van der Waals surface area contributed by atoms with Crippen molar-refractivity contribution in [2.24, 2.45) is 0 Å². The number of hydrogen-bond acceptors (Lipinski definition) is 10. The summed E-state index contributed by atoms with van der Waals surface area (Å²) in [7, 11) is -10.5. The summed E-state index contributed by atoms with van der Waals surface area (Å²) in [5, 5.41) is 0. The van der Waals surface area contributed by atoms with Gasteiger partial charge in [0.25, 0.3) is 0 Å². The fraction of sp³-hybridized carbons (Fsp3) is 0.0500. The Morgan fingerprint density at radius 3 is 1.42 bits per heavy atom. The molecule has 0 bridgehead atoms. The molecule has 4 rings (SSSR count). The van der Waals surface area contributed by atoms with Gasteiger partial charge in [-0.15, -0.1) is 0 Å². The molecule has 0 aliphatic carbocycles. The van der Waals surface area contributed by atoms with E-state index in [9.17, 15) is 33.5 Å². The number of benzene rings is 3. The molecule has 1 aliphatic heterocycles. The Hall–Kier alpha value is 3.58.